The van der Waals surface area contributed by atoms with E-state index in [9.17, 15) is 14.0 Å². The second-order valence-electron chi connectivity index (χ2n) is 4.81. The second kappa shape index (κ2) is 5.82. The van der Waals surface area contributed by atoms with E-state index in [2.05, 4.69) is 5.32 Å². The van der Waals surface area contributed by atoms with Gasteiger partial charge in [-0.05, 0) is 26.7 Å². The van der Waals surface area contributed by atoms with Gasteiger partial charge in [0.1, 0.15) is 11.6 Å². The van der Waals surface area contributed by atoms with Gasteiger partial charge in [-0.15, -0.1) is 0 Å². The molecule has 2 unspecified atom stereocenters. The number of ether oxygens (including phenoxy) is 1. The molecule has 5 heteroatoms. The number of hydrogen-bond donors (Lipinski definition) is 1. The van der Waals surface area contributed by atoms with Gasteiger partial charge >= 0.3 is 12.1 Å². The lowest BCUT2D eigenvalue weighted by atomic mass is 10.00. The molecule has 0 heterocycles. The molecule has 0 aromatic rings. The van der Waals surface area contributed by atoms with Gasteiger partial charge in [0, 0.05) is 0 Å². The third-order valence-corrected chi connectivity index (χ3v) is 2.13. The minimum atomic E-state index is -1.54. The Balaban J connectivity index is 4.42. The third kappa shape index (κ3) is 5.68. The van der Waals surface area contributed by atoms with Crippen LogP contribution in [0.3, 0.4) is 0 Å². The van der Waals surface area contributed by atoms with Crippen LogP contribution in [0.15, 0.2) is 0 Å². The van der Waals surface area contributed by atoms with E-state index in [1.165, 1.54) is 0 Å². The van der Waals surface area contributed by atoms with Crippen LogP contribution in [0.1, 0.15) is 41.0 Å². The summed E-state index contributed by atoms with van der Waals surface area (Å²) in [5.41, 5.74) is -0.663. The molecule has 16 heavy (non-hydrogen) atoms. The minimum absolute atomic E-state index is 0.259. The molecule has 1 N–H and O–H groups in total. The number of carbonyl (C=O) groups is 2. The fraction of sp³-hybridized carbons (Fsp3) is 0.818. The van der Waals surface area contributed by atoms with Gasteiger partial charge < -0.3 is 10.1 Å². The summed E-state index contributed by atoms with van der Waals surface area (Å²) < 4.78 is 17.6. The lowest BCUT2D eigenvalue weighted by molar-refractivity contribution is -0.132. The van der Waals surface area contributed by atoms with E-state index in [-0.39, 0.29) is 5.92 Å². The number of halogens is 1. The summed E-state index contributed by atoms with van der Waals surface area (Å²) in [7, 11) is 0. The molecule has 0 saturated heterocycles. The molecule has 0 bridgehead atoms. The first kappa shape index (κ1) is 14.9. The Labute approximate surface area is 95.5 Å². The predicted octanol–water partition coefficient (Wildman–Crippen LogP) is 2.42. The highest BCUT2D eigenvalue weighted by molar-refractivity contribution is 5.80. The van der Waals surface area contributed by atoms with Crippen molar-refractivity contribution < 1.29 is 18.7 Å². The summed E-state index contributed by atoms with van der Waals surface area (Å²) in [5, 5.41) is 2.24. The largest absolute Gasteiger partial charge is 0.444 e. The summed E-state index contributed by atoms with van der Waals surface area (Å²) in [6.07, 6.45) is -0.181. The van der Waals surface area contributed by atoms with Gasteiger partial charge in [0.05, 0.1) is 0 Å². The average molecular weight is 233 g/mol. The summed E-state index contributed by atoms with van der Waals surface area (Å²) in [5.74, 6) is -0.259. The quantitative estimate of drug-likeness (QED) is 0.759. The molecule has 0 fully saturated rings. The summed E-state index contributed by atoms with van der Waals surface area (Å²) in [6, 6.07) is -2.67. The summed E-state index contributed by atoms with van der Waals surface area (Å²) >= 11 is 0. The van der Waals surface area contributed by atoms with Gasteiger partial charge in [-0.1, -0.05) is 20.3 Å². The molecule has 0 aliphatic carbocycles. The molecule has 2 atom stereocenters. The Bertz CT molecular complexity index is 260. The van der Waals surface area contributed by atoms with Crippen LogP contribution in [0.2, 0.25) is 0 Å². The number of alkyl carbamates (subject to hydrolysis) is 1. The smallest absolute Gasteiger partial charge is 0.408 e. The normalized spacial score (nSPS) is 15.1. The maximum Gasteiger partial charge on any atom is 0.408 e. The van der Waals surface area contributed by atoms with Crippen LogP contribution < -0.4 is 5.32 Å². The van der Waals surface area contributed by atoms with Crippen molar-refractivity contribution in [2.75, 3.05) is 0 Å². The van der Waals surface area contributed by atoms with E-state index in [0.29, 0.717) is 6.42 Å². The van der Waals surface area contributed by atoms with Crippen molar-refractivity contribution in [3.8, 4) is 0 Å². The van der Waals surface area contributed by atoms with E-state index in [0.717, 1.165) is 0 Å². The van der Waals surface area contributed by atoms with Crippen molar-refractivity contribution in [1.29, 1.82) is 0 Å². The molecule has 0 aromatic heterocycles. The number of hydrogen-bond acceptors (Lipinski definition) is 3. The molecule has 0 aliphatic rings. The molecule has 0 rings (SSSR count). The monoisotopic (exact) mass is 233 g/mol. The van der Waals surface area contributed by atoms with Crippen LogP contribution in [0.25, 0.3) is 0 Å². The topological polar surface area (TPSA) is 55.4 Å². The van der Waals surface area contributed by atoms with Crippen LogP contribution >= 0.6 is 0 Å². The van der Waals surface area contributed by atoms with Crippen LogP contribution in [-0.4, -0.2) is 23.8 Å². The van der Waals surface area contributed by atoms with Crippen LogP contribution in [-0.2, 0) is 9.53 Å². The highest BCUT2D eigenvalue weighted by Gasteiger charge is 2.27. The van der Waals surface area contributed by atoms with Crippen molar-refractivity contribution in [2.45, 2.75) is 52.7 Å². The fourth-order valence-corrected chi connectivity index (χ4v) is 1.09. The van der Waals surface area contributed by atoms with Crippen LogP contribution in [0, 0.1) is 5.92 Å². The zero-order valence-electron chi connectivity index (χ0n) is 10.5. The summed E-state index contributed by atoms with van der Waals surface area (Å²) in [4.78, 5) is 22.1. The zero-order valence-corrected chi connectivity index (χ0v) is 10.5. The molecule has 94 valence electrons. The maximum atomic E-state index is 12.7. The Hall–Kier alpha value is -1.13. The van der Waals surface area contributed by atoms with Crippen molar-refractivity contribution in [3.05, 3.63) is 0 Å². The van der Waals surface area contributed by atoms with Gasteiger partial charge in [0.2, 0.25) is 0 Å². The van der Waals surface area contributed by atoms with Crippen molar-refractivity contribution in [3.63, 3.8) is 0 Å². The molecule has 1 amide bonds. The zero-order chi connectivity index (χ0) is 12.9. The number of nitrogens with one attached hydrogen (secondary N) is 1. The van der Waals surface area contributed by atoms with E-state index in [1.807, 2.05) is 6.92 Å². The predicted molar refractivity (Wildman–Crippen MR) is 58.7 cm³/mol. The SMILES string of the molecule is CCC(C)C(NC(=O)OC(C)(C)C)C(=O)F. The van der Waals surface area contributed by atoms with E-state index < -0.39 is 23.8 Å². The van der Waals surface area contributed by atoms with Gasteiger partial charge in [-0.3, -0.25) is 4.79 Å². The van der Waals surface area contributed by atoms with E-state index in [1.54, 1.807) is 27.7 Å². The number of amides is 1. The van der Waals surface area contributed by atoms with E-state index in [4.69, 9.17) is 4.74 Å². The van der Waals surface area contributed by atoms with Gasteiger partial charge in [-0.25, -0.2) is 4.79 Å². The first-order valence-electron chi connectivity index (χ1n) is 5.36. The maximum absolute atomic E-state index is 12.7. The Morgan fingerprint density at radius 1 is 1.38 bits per heavy atom. The highest BCUT2D eigenvalue weighted by atomic mass is 19.1. The molecule has 0 spiro atoms. The first-order chi connectivity index (χ1) is 7.17. The van der Waals surface area contributed by atoms with Crippen molar-refractivity contribution in [2.24, 2.45) is 5.92 Å². The standard InChI is InChI=1S/C11H20FNO3/c1-6-7(2)8(9(12)14)13-10(15)16-11(3,4)5/h7-8H,6H2,1-5H3,(H,13,15). The molecule has 0 saturated carbocycles. The molecule has 0 radical (unpaired) electrons. The molecule has 0 aliphatic heterocycles. The van der Waals surface area contributed by atoms with Gasteiger partial charge in [0.25, 0.3) is 0 Å². The van der Waals surface area contributed by atoms with Crippen molar-refractivity contribution in [1.82, 2.24) is 5.32 Å². The van der Waals surface area contributed by atoms with E-state index >= 15 is 0 Å². The number of carbonyl (C=O) groups excluding carboxylic acids is 2. The fourth-order valence-electron chi connectivity index (χ4n) is 1.09. The number of rotatable bonds is 4. The third-order valence-electron chi connectivity index (χ3n) is 2.13. The molecule has 0 aromatic carbocycles. The van der Waals surface area contributed by atoms with Crippen molar-refractivity contribution >= 4 is 12.1 Å². The van der Waals surface area contributed by atoms with Crippen LogP contribution in [0.4, 0.5) is 9.18 Å². The lowest BCUT2D eigenvalue weighted by Gasteiger charge is -2.24. The first-order valence-corrected chi connectivity index (χ1v) is 5.36. The minimum Gasteiger partial charge on any atom is -0.444 e. The Kier molecular flexibility index (Phi) is 5.41. The molecule has 4 nitrogen and oxygen atoms in total. The second-order valence-corrected chi connectivity index (χ2v) is 4.81. The summed E-state index contributed by atoms with van der Waals surface area (Å²) in [6.45, 7) is 8.60. The van der Waals surface area contributed by atoms with Gasteiger partial charge in [-0.2, -0.15) is 4.39 Å². The Morgan fingerprint density at radius 2 is 1.88 bits per heavy atom. The average Bonchev–Trinajstić information content (AvgIpc) is 2.09. The Morgan fingerprint density at radius 3 is 2.19 bits per heavy atom. The lowest BCUT2D eigenvalue weighted by Crippen LogP contribution is -2.45. The van der Waals surface area contributed by atoms with Gasteiger partial charge in [0.15, 0.2) is 0 Å². The molecular formula is C11H20FNO3. The highest BCUT2D eigenvalue weighted by Crippen LogP contribution is 2.12. The molecular weight excluding hydrogens is 213 g/mol. The van der Waals surface area contributed by atoms with Crippen LogP contribution in [0.5, 0.6) is 0 Å².